The van der Waals surface area contributed by atoms with E-state index in [2.05, 4.69) is 10.4 Å². The molecule has 24 heavy (non-hydrogen) atoms. The summed E-state index contributed by atoms with van der Waals surface area (Å²) in [5.41, 5.74) is 2.97. The van der Waals surface area contributed by atoms with Crippen molar-refractivity contribution in [3.8, 4) is 22.6 Å². The first-order valence-corrected chi connectivity index (χ1v) is 7.35. The van der Waals surface area contributed by atoms with Crippen LogP contribution in [0.5, 0.6) is 5.75 Å². The van der Waals surface area contributed by atoms with Gasteiger partial charge in [-0.15, -0.1) is 0 Å². The Labute approximate surface area is 138 Å². The predicted octanol–water partition coefficient (Wildman–Crippen LogP) is 2.59. The van der Waals surface area contributed by atoms with Gasteiger partial charge in [-0.1, -0.05) is 0 Å². The lowest BCUT2D eigenvalue weighted by Gasteiger charge is -2.12. The Morgan fingerprint density at radius 2 is 2.00 bits per heavy atom. The molecule has 3 rings (SSSR count). The van der Waals surface area contributed by atoms with Crippen LogP contribution in [0.15, 0.2) is 53.7 Å². The quantitative estimate of drug-likeness (QED) is 0.782. The van der Waals surface area contributed by atoms with Crippen molar-refractivity contribution in [2.45, 2.75) is 0 Å². The predicted molar refractivity (Wildman–Crippen MR) is 90.4 cm³/mol. The molecule has 0 aliphatic heterocycles. The summed E-state index contributed by atoms with van der Waals surface area (Å²) in [7, 11) is 3.60. The van der Waals surface area contributed by atoms with Crippen LogP contribution in [-0.4, -0.2) is 28.3 Å². The van der Waals surface area contributed by atoms with E-state index in [0.29, 0.717) is 11.4 Å². The maximum Gasteiger partial charge on any atom is 0.257 e. The zero-order valence-electron chi connectivity index (χ0n) is 13.4. The second-order valence-corrected chi connectivity index (χ2v) is 5.21. The van der Waals surface area contributed by atoms with E-state index in [1.807, 2.05) is 13.2 Å². The molecular weight excluding hydrogens is 311 g/mol. The van der Waals surface area contributed by atoms with Crippen LogP contribution in [0.25, 0.3) is 16.8 Å². The number of nitrogens with one attached hydrogen (secondary N) is 1. The Balaban J connectivity index is 2.09. The molecule has 3 aromatic rings. The van der Waals surface area contributed by atoms with E-state index < -0.39 is 6.86 Å². The third-order valence-corrected chi connectivity index (χ3v) is 3.67. The number of aromatic nitrogens is 3. The van der Waals surface area contributed by atoms with Crippen molar-refractivity contribution < 1.29 is 9.13 Å². The van der Waals surface area contributed by atoms with Crippen molar-refractivity contribution in [2.24, 2.45) is 7.05 Å². The van der Waals surface area contributed by atoms with Crippen LogP contribution in [0.4, 0.5) is 10.1 Å². The fourth-order valence-corrected chi connectivity index (χ4v) is 2.50. The summed E-state index contributed by atoms with van der Waals surface area (Å²) in [6.07, 6.45) is 5.38. The van der Waals surface area contributed by atoms with E-state index in [9.17, 15) is 9.18 Å². The van der Waals surface area contributed by atoms with Crippen molar-refractivity contribution in [3.05, 3.63) is 59.3 Å². The summed E-state index contributed by atoms with van der Waals surface area (Å²) in [6.45, 7) is -0.888. The number of aryl methyl sites for hydroxylation is 1. The largest absolute Gasteiger partial charge is 0.463 e. The number of pyridine rings is 1. The molecule has 0 atom stereocenters. The van der Waals surface area contributed by atoms with E-state index in [1.165, 1.54) is 10.6 Å². The molecule has 0 spiro atoms. The van der Waals surface area contributed by atoms with Gasteiger partial charge in [-0.2, -0.15) is 5.10 Å². The molecule has 2 aromatic heterocycles. The monoisotopic (exact) mass is 328 g/mol. The van der Waals surface area contributed by atoms with Gasteiger partial charge in [0.1, 0.15) is 5.75 Å². The Morgan fingerprint density at radius 1 is 1.25 bits per heavy atom. The standard InChI is InChI=1S/C17H17FN4O2/c1-19-16-7-17(23)22(10-15(16)12-8-20-21(2)9-12)13-3-5-14(6-4-13)24-11-18/h3-10,19H,11H2,1-2H3. The molecule has 0 amide bonds. The van der Waals surface area contributed by atoms with Crippen molar-refractivity contribution >= 4 is 5.69 Å². The average molecular weight is 328 g/mol. The van der Waals surface area contributed by atoms with Crippen molar-refractivity contribution in [1.29, 1.82) is 0 Å². The summed E-state index contributed by atoms with van der Waals surface area (Å²) >= 11 is 0. The highest BCUT2D eigenvalue weighted by atomic mass is 19.1. The average Bonchev–Trinajstić information content (AvgIpc) is 3.02. The van der Waals surface area contributed by atoms with Gasteiger partial charge in [0.25, 0.3) is 5.56 Å². The SMILES string of the molecule is CNc1cc(=O)n(-c2ccc(OCF)cc2)cc1-c1cnn(C)c1. The molecule has 0 aliphatic carbocycles. The van der Waals surface area contributed by atoms with Gasteiger partial charge in [0.05, 0.1) is 6.20 Å². The van der Waals surface area contributed by atoms with Crippen LogP contribution in [0.1, 0.15) is 0 Å². The van der Waals surface area contributed by atoms with Gasteiger partial charge in [-0.25, -0.2) is 4.39 Å². The molecule has 6 nitrogen and oxygen atoms in total. The lowest BCUT2D eigenvalue weighted by atomic mass is 10.1. The summed E-state index contributed by atoms with van der Waals surface area (Å²) < 4.78 is 20.2. The minimum atomic E-state index is -0.888. The smallest absolute Gasteiger partial charge is 0.257 e. The fourth-order valence-electron chi connectivity index (χ4n) is 2.50. The second-order valence-electron chi connectivity index (χ2n) is 5.21. The molecule has 1 N–H and O–H groups in total. The molecule has 1 aromatic carbocycles. The number of rotatable bonds is 5. The zero-order valence-corrected chi connectivity index (χ0v) is 13.4. The number of ether oxygens (including phenoxy) is 1. The highest BCUT2D eigenvalue weighted by molar-refractivity contribution is 5.76. The Kier molecular flexibility index (Phi) is 4.33. The number of alkyl halides is 1. The maximum atomic E-state index is 12.4. The van der Waals surface area contributed by atoms with Crippen LogP contribution in [0, 0.1) is 0 Å². The van der Waals surface area contributed by atoms with Crippen LogP contribution in [0.3, 0.4) is 0 Å². The number of hydrogen-bond acceptors (Lipinski definition) is 4. The second kappa shape index (κ2) is 6.57. The molecular formula is C17H17FN4O2. The Hall–Kier alpha value is -3.09. The molecule has 0 aliphatic rings. The van der Waals surface area contributed by atoms with E-state index in [0.717, 1.165) is 16.8 Å². The van der Waals surface area contributed by atoms with Crippen LogP contribution >= 0.6 is 0 Å². The summed E-state index contributed by atoms with van der Waals surface area (Å²) in [4.78, 5) is 12.4. The number of anilines is 1. The molecule has 0 bridgehead atoms. The lowest BCUT2D eigenvalue weighted by Crippen LogP contribution is -2.18. The minimum Gasteiger partial charge on any atom is -0.463 e. The number of benzene rings is 1. The normalized spacial score (nSPS) is 10.6. The number of halogens is 1. The summed E-state index contributed by atoms with van der Waals surface area (Å²) in [6, 6.07) is 8.19. The van der Waals surface area contributed by atoms with Gasteiger partial charge in [0.15, 0.2) is 0 Å². The van der Waals surface area contributed by atoms with Crippen molar-refractivity contribution in [1.82, 2.24) is 14.3 Å². The van der Waals surface area contributed by atoms with Gasteiger partial charge >= 0.3 is 0 Å². The van der Waals surface area contributed by atoms with E-state index >= 15 is 0 Å². The van der Waals surface area contributed by atoms with Gasteiger partial charge in [0.2, 0.25) is 6.86 Å². The molecule has 0 fully saturated rings. The fraction of sp³-hybridized carbons (Fsp3) is 0.176. The molecule has 0 radical (unpaired) electrons. The first kappa shape index (κ1) is 15.8. The lowest BCUT2D eigenvalue weighted by molar-refractivity contribution is 0.192. The van der Waals surface area contributed by atoms with Crippen LogP contribution in [0.2, 0.25) is 0 Å². The molecule has 2 heterocycles. The molecule has 0 saturated heterocycles. The minimum absolute atomic E-state index is 0.175. The van der Waals surface area contributed by atoms with Gasteiger partial charge in [-0.3, -0.25) is 14.0 Å². The Morgan fingerprint density at radius 3 is 2.58 bits per heavy atom. The number of hydrogen-bond donors (Lipinski definition) is 1. The molecule has 7 heteroatoms. The number of nitrogens with zero attached hydrogens (tertiary/aromatic N) is 3. The Bertz CT molecular complexity index is 900. The zero-order chi connectivity index (χ0) is 17.1. The molecule has 0 saturated carbocycles. The maximum absolute atomic E-state index is 12.4. The molecule has 124 valence electrons. The van der Waals surface area contributed by atoms with Gasteiger partial charge in [0, 0.05) is 55.1 Å². The van der Waals surface area contributed by atoms with E-state index in [-0.39, 0.29) is 5.56 Å². The first-order chi connectivity index (χ1) is 11.6. The third-order valence-electron chi connectivity index (χ3n) is 3.67. The van der Waals surface area contributed by atoms with Crippen LogP contribution in [-0.2, 0) is 7.05 Å². The van der Waals surface area contributed by atoms with Gasteiger partial charge < -0.3 is 10.1 Å². The van der Waals surface area contributed by atoms with E-state index in [4.69, 9.17) is 4.74 Å². The summed E-state index contributed by atoms with van der Waals surface area (Å²) in [5, 5.41) is 7.21. The third kappa shape index (κ3) is 3.01. The highest BCUT2D eigenvalue weighted by Gasteiger charge is 2.11. The molecule has 0 unspecified atom stereocenters. The van der Waals surface area contributed by atoms with Crippen molar-refractivity contribution in [3.63, 3.8) is 0 Å². The summed E-state index contributed by atoms with van der Waals surface area (Å²) in [5.74, 6) is 0.411. The van der Waals surface area contributed by atoms with Crippen LogP contribution < -0.4 is 15.6 Å². The van der Waals surface area contributed by atoms with Gasteiger partial charge in [-0.05, 0) is 24.3 Å². The van der Waals surface area contributed by atoms with Crippen molar-refractivity contribution in [2.75, 3.05) is 19.2 Å². The first-order valence-electron chi connectivity index (χ1n) is 7.35. The topological polar surface area (TPSA) is 61.1 Å². The van der Waals surface area contributed by atoms with E-state index in [1.54, 1.807) is 48.4 Å². The highest BCUT2D eigenvalue weighted by Crippen LogP contribution is 2.26.